The van der Waals surface area contributed by atoms with E-state index in [4.69, 9.17) is 11.6 Å². The number of hydrogen-bond acceptors (Lipinski definition) is 2. The van der Waals surface area contributed by atoms with E-state index in [1.165, 1.54) is 12.1 Å². The molecule has 0 aliphatic carbocycles. The maximum Gasteiger partial charge on any atom is 0.321 e. The summed E-state index contributed by atoms with van der Waals surface area (Å²) in [6, 6.07) is 13.1. The lowest BCUT2D eigenvalue weighted by Crippen LogP contribution is -2.51. The van der Waals surface area contributed by atoms with Gasteiger partial charge in [0.25, 0.3) is 0 Å². The molecule has 27 heavy (non-hydrogen) atoms. The number of anilines is 1. The second-order valence-electron chi connectivity index (χ2n) is 6.44. The number of piperazine rings is 1. The Kier molecular flexibility index (Phi) is 6.29. The van der Waals surface area contributed by atoms with Gasteiger partial charge in [0.2, 0.25) is 5.91 Å². The van der Waals surface area contributed by atoms with Crippen LogP contribution < -0.4 is 5.32 Å². The van der Waals surface area contributed by atoms with E-state index in [-0.39, 0.29) is 17.8 Å². The fourth-order valence-electron chi connectivity index (χ4n) is 3.03. The lowest BCUT2D eigenvalue weighted by Gasteiger charge is -2.34. The number of nitrogens with zero attached hydrogens (tertiary/aromatic N) is 2. The minimum atomic E-state index is -0.292. The summed E-state index contributed by atoms with van der Waals surface area (Å²) in [5.41, 5.74) is 1.45. The van der Waals surface area contributed by atoms with Gasteiger partial charge < -0.3 is 15.1 Å². The number of aryl methyl sites for hydroxylation is 1. The average molecular weight is 390 g/mol. The molecule has 1 saturated heterocycles. The van der Waals surface area contributed by atoms with Crippen LogP contribution in [0.2, 0.25) is 5.02 Å². The highest BCUT2D eigenvalue weighted by Crippen LogP contribution is 2.16. The Morgan fingerprint density at radius 3 is 2.41 bits per heavy atom. The van der Waals surface area contributed by atoms with Crippen molar-refractivity contribution in [2.24, 2.45) is 0 Å². The zero-order valence-corrected chi connectivity index (χ0v) is 15.6. The highest BCUT2D eigenvalue weighted by Gasteiger charge is 2.24. The van der Waals surface area contributed by atoms with Crippen LogP contribution in [0.4, 0.5) is 14.9 Å². The van der Waals surface area contributed by atoms with E-state index in [1.807, 2.05) is 6.07 Å². The third-order valence-electron chi connectivity index (χ3n) is 4.51. The number of carbonyl (C=O) groups is 2. The van der Waals surface area contributed by atoms with E-state index in [2.05, 4.69) is 5.32 Å². The van der Waals surface area contributed by atoms with Gasteiger partial charge in [-0.2, -0.15) is 0 Å². The molecule has 0 saturated carbocycles. The number of carbonyl (C=O) groups excluding carboxylic acids is 2. The van der Waals surface area contributed by atoms with Crippen molar-refractivity contribution >= 4 is 29.2 Å². The summed E-state index contributed by atoms with van der Waals surface area (Å²) in [6.45, 7) is 1.92. The molecule has 0 bridgehead atoms. The van der Waals surface area contributed by atoms with Gasteiger partial charge in [-0.1, -0.05) is 29.8 Å². The van der Waals surface area contributed by atoms with Crippen LogP contribution in [-0.4, -0.2) is 47.9 Å². The molecule has 2 aromatic carbocycles. The predicted molar refractivity (Wildman–Crippen MR) is 103 cm³/mol. The summed E-state index contributed by atoms with van der Waals surface area (Å²) >= 11 is 5.92. The summed E-state index contributed by atoms with van der Waals surface area (Å²) in [5, 5.41) is 3.37. The lowest BCUT2D eigenvalue weighted by molar-refractivity contribution is -0.132. The number of nitrogens with one attached hydrogen (secondary N) is 1. The van der Waals surface area contributed by atoms with E-state index >= 15 is 0 Å². The maximum absolute atomic E-state index is 13.2. The molecule has 2 aromatic rings. The van der Waals surface area contributed by atoms with E-state index < -0.39 is 0 Å². The van der Waals surface area contributed by atoms with Crippen molar-refractivity contribution in [1.29, 1.82) is 0 Å². The predicted octanol–water partition coefficient (Wildman–Crippen LogP) is 3.79. The van der Waals surface area contributed by atoms with Gasteiger partial charge in [0, 0.05) is 43.3 Å². The molecule has 5 nitrogen and oxygen atoms in total. The van der Waals surface area contributed by atoms with Crippen LogP contribution in [0.3, 0.4) is 0 Å². The van der Waals surface area contributed by atoms with Gasteiger partial charge in [0.1, 0.15) is 5.82 Å². The standard InChI is InChI=1S/C20H21ClFN3O2/c21-16-4-2-6-18(14-16)23-20(27)25-11-9-24(10-12-25)19(26)8-7-15-3-1-5-17(22)13-15/h1-6,13-14H,7-12H2,(H,23,27). The van der Waals surface area contributed by atoms with Crippen molar-refractivity contribution in [3.8, 4) is 0 Å². The third-order valence-corrected chi connectivity index (χ3v) is 4.75. The normalized spacial score (nSPS) is 14.1. The molecule has 1 heterocycles. The van der Waals surface area contributed by atoms with Gasteiger partial charge in [-0.15, -0.1) is 0 Å². The summed E-state index contributed by atoms with van der Waals surface area (Å²) < 4.78 is 13.2. The Hall–Kier alpha value is -2.60. The van der Waals surface area contributed by atoms with Gasteiger partial charge in [0.05, 0.1) is 0 Å². The van der Waals surface area contributed by atoms with Gasteiger partial charge in [-0.3, -0.25) is 4.79 Å². The molecule has 142 valence electrons. The molecule has 0 unspecified atom stereocenters. The quantitative estimate of drug-likeness (QED) is 0.865. The smallest absolute Gasteiger partial charge is 0.321 e. The second kappa shape index (κ2) is 8.86. The number of amides is 3. The average Bonchev–Trinajstić information content (AvgIpc) is 2.66. The first-order valence-corrected chi connectivity index (χ1v) is 9.23. The maximum atomic E-state index is 13.2. The Balaban J connectivity index is 1.45. The fraction of sp³-hybridized carbons (Fsp3) is 0.300. The SMILES string of the molecule is O=C(CCc1cccc(F)c1)N1CCN(C(=O)Nc2cccc(Cl)c2)CC1. The summed E-state index contributed by atoms with van der Waals surface area (Å²) in [4.78, 5) is 28.1. The summed E-state index contributed by atoms with van der Waals surface area (Å²) in [5.74, 6) is -0.270. The highest BCUT2D eigenvalue weighted by atomic mass is 35.5. The molecule has 3 amide bonds. The Labute approximate surface area is 162 Å². The molecule has 1 aliphatic rings. The first-order valence-electron chi connectivity index (χ1n) is 8.85. The van der Waals surface area contributed by atoms with E-state index in [9.17, 15) is 14.0 Å². The number of urea groups is 1. The van der Waals surface area contributed by atoms with Crippen LogP contribution in [-0.2, 0) is 11.2 Å². The van der Waals surface area contributed by atoms with Crippen LogP contribution in [0.25, 0.3) is 0 Å². The van der Waals surface area contributed by atoms with E-state index in [0.29, 0.717) is 49.7 Å². The Morgan fingerprint density at radius 1 is 1.00 bits per heavy atom. The number of rotatable bonds is 4. The van der Waals surface area contributed by atoms with Gasteiger partial charge in [0.15, 0.2) is 0 Å². The molecule has 1 fully saturated rings. The molecule has 0 spiro atoms. The van der Waals surface area contributed by atoms with Crippen LogP contribution in [0.5, 0.6) is 0 Å². The highest BCUT2D eigenvalue weighted by molar-refractivity contribution is 6.30. The minimum Gasteiger partial charge on any atom is -0.339 e. The molecular weight excluding hydrogens is 369 g/mol. The molecule has 0 radical (unpaired) electrons. The van der Waals surface area contributed by atoms with Crippen LogP contribution in [0.15, 0.2) is 48.5 Å². The van der Waals surface area contributed by atoms with Crippen LogP contribution in [0, 0.1) is 5.82 Å². The topological polar surface area (TPSA) is 52.7 Å². The number of hydrogen-bond donors (Lipinski definition) is 1. The summed E-state index contributed by atoms with van der Waals surface area (Å²) in [7, 11) is 0. The molecule has 1 aliphatic heterocycles. The summed E-state index contributed by atoms with van der Waals surface area (Å²) in [6.07, 6.45) is 0.838. The monoisotopic (exact) mass is 389 g/mol. The molecular formula is C20H21ClFN3O2. The van der Waals surface area contributed by atoms with Crippen molar-refractivity contribution in [3.63, 3.8) is 0 Å². The van der Waals surface area contributed by atoms with E-state index in [0.717, 1.165) is 5.56 Å². The van der Waals surface area contributed by atoms with Gasteiger partial charge in [-0.05, 0) is 42.3 Å². The van der Waals surface area contributed by atoms with Gasteiger partial charge >= 0.3 is 6.03 Å². The third kappa shape index (κ3) is 5.44. The van der Waals surface area contributed by atoms with Crippen molar-refractivity contribution in [2.45, 2.75) is 12.8 Å². The minimum absolute atomic E-state index is 0.0224. The molecule has 1 N–H and O–H groups in total. The number of benzene rings is 2. The Morgan fingerprint density at radius 2 is 1.70 bits per heavy atom. The van der Waals surface area contributed by atoms with Crippen molar-refractivity contribution in [2.75, 3.05) is 31.5 Å². The van der Waals surface area contributed by atoms with Gasteiger partial charge in [-0.25, -0.2) is 9.18 Å². The van der Waals surface area contributed by atoms with Crippen LogP contribution >= 0.6 is 11.6 Å². The first-order chi connectivity index (χ1) is 13.0. The fourth-order valence-corrected chi connectivity index (χ4v) is 3.22. The lowest BCUT2D eigenvalue weighted by atomic mass is 10.1. The largest absolute Gasteiger partial charge is 0.339 e. The van der Waals surface area contributed by atoms with Crippen molar-refractivity contribution in [1.82, 2.24) is 9.80 Å². The molecule has 7 heteroatoms. The molecule has 3 rings (SSSR count). The van der Waals surface area contributed by atoms with Crippen molar-refractivity contribution in [3.05, 3.63) is 64.9 Å². The molecule has 0 atom stereocenters. The van der Waals surface area contributed by atoms with Crippen LogP contribution in [0.1, 0.15) is 12.0 Å². The number of halogens is 2. The van der Waals surface area contributed by atoms with E-state index in [1.54, 1.807) is 40.1 Å². The zero-order valence-electron chi connectivity index (χ0n) is 14.8. The Bertz CT molecular complexity index is 822. The zero-order chi connectivity index (χ0) is 19.2. The van der Waals surface area contributed by atoms with Crippen molar-refractivity contribution < 1.29 is 14.0 Å². The first kappa shape index (κ1) is 19.2. The molecule has 0 aromatic heterocycles. The second-order valence-corrected chi connectivity index (χ2v) is 6.87.